The van der Waals surface area contributed by atoms with Crippen LogP contribution in [0.3, 0.4) is 0 Å². The number of aromatic carboxylic acids is 1. The van der Waals surface area contributed by atoms with Gasteiger partial charge in [0.25, 0.3) is 5.91 Å². The number of hydrogen-bond acceptors (Lipinski definition) is 6. The van der Waals surface area contributed by atoms with Crippen LogP contribution in [0.4, 0.5) is 18.9 Å². The van der Waals surface area contributed by atoms with E-state index in [9.17, 15) is 22.8 Å². The fraction of sp³-hybridized carbons (Fsp3) is 0.286. The van der Waals surface area contributed by atoms with Crippen LogP contribution in [0, 0.1) is 0 Å². The largest absolute Gasteiger partial charge is 0.490 e. The number of anilines is 1. The average Bonchev–Trinajstić information content (AvgIpc) is 3.17. The molecule has 1 aliphatic heterocycles. The number of hydrogen-bond donors (Lipinski definition) is 2. The number of ether oxygens (including phenoxy) is 1. The number of amides is 1. The number of carboxylic acid groups (broad SMARTS) is 1. The number of thiazole rings is 1. The number of carboxylic acids is 1. The van der Waals surface area contributed by atoms with Crippen LogP contribution in [-0.2, 0) is 6.18 Å². The Bertz CT molecular complexity index is 1170. The SMILES string of the molecule is NC(=O)c1cc(OC2CCN(c3ccc(C(F)(F)F)cc3)CC2)cc2sc(C(=O)O)nc12. The van der Waals surface area contributed by atoms with Crippen molar-refractivity contribution in [2.75, 3.05) is 18.0 Å². The van der Waals surface area contributed by atoms with Gasteiger partial charge < -0.3 is 20.5 Å². The quantitative estimate of drug-likeness (QED) is 0.586. The number of primary amides is 1. The van der Waals surface area contributed by atoms with Crippen molar-refractivity contribution in [2.45, 2.75) is 25.1 Å². The van der Waals surface area contributed by atoms with Crippen LogP contribution in [0.15, 0.2) is 36.4 Å². The number of carbonyl (C=O) groups excluding carboxylic acids is 1. The first-order chi connectivity index (χ1) is 15.1. The fourth-order valence-corrected chi connectivity index (χ4v) is 4.50. The third-order valence-electron chi connectivity index (χ3n) is 5.22. The molecule has 7 nitrogen and oxygen atoms in total. The first-order valence-corrected chi connectivity index (χ1v) is 10.5. The molecule has 2 aromatic carbocycles. The number of piperidine rings is 1. The van der Waals surface area contributed by atoms with Crippen molar-refractivity contribution in [1.82, 2.24) is 4.98 Å². The Morgan fingerprint density at radius 3 is 2.38 bits per heavy atom. The van der Waals surface area contributed by atoms with E-state index in [0.29, 0.717) is 42.1 Å². The molecule has 0 saturated carbocycles. The molecule has 1 saturated heterocycles. The molecule has 168 valence electrons. The van der Waals surface area contributed by atoms with Crippen molar-refractivity contribution in [3.8, 4) is 5.75 Å². The summed E-state index contributed by atoms with van der Waals surface area (Å²) < 4.78 is 44.7. The van der Waals surface area contributed by atoms with Crippen LogP contribution in [0.1, 0.15) is 38.6 Å². The van der Waals surface area contributed by atoms with E-state index in [4.69, 9.17) is 15.6 Å². The highest BCUT2D eigenvalue weighted by Gasteiger charge is 2.30. The molecule has 0 spiro atoms. The lowest BCUT2D eigenvalue weighted by Crippen LogP contribution is -2.38. The molecular formula is C21H18F3N3O4S. The topological polar surface area (TPSA) is 106 Å². The normalized spacial score (nSPS) is 15.2. The molecule has 0 radical (unpaired) electrons. The highest BCUT2D eigenvalue weighted by atomic mass is 32.1. The van der Waals surface area contributed by atoms with E-state index in [0.717, 1.165) is 23.5 Å². The summed E-state index contributed by atoms with van der Waals surface area (Å²) in [7, 11) is 0. The number of halogens is 3. The highest BCUT2D eigenvalue weighted by molar-refractivity contribution is 7.20. The second-order valence-electron chi connectivity index (χ2n) is 7.35. The maximum atomic E-state index is 12.7. The third kappa shape index (κ3) is 4.47. The minimum absolute atomic E-state index is 0.0865. The van der Waals surface area contributed by atoms with Gasteiger partial charge in [-0.2, -0.15) is 13.2 Å². The van der Waals surface area contributed by atoms with Crippen molar-refractivity contribution in [1.29, 1.82) is 0 Å². The van der Waals surface area contributed by atoms with E-state index in [1.807, 2.05) is 4.90 Å². The zero-order valence-electron chi connectivity index (χ0n) is 16.6. The number of alkyl halides is 3. The van der Waals surface area contributed by atoms with Gasteiger partial charge in [0.05, 0.1) is 21.3 Å². The van der Waals surface area contributed by atoms with Crippen molar-refractivity contribution in [3.05, 3.63) is 52.5 Å². The number of nitrogens with zero attached hydrogens (tertiary/aromatic N) is 2. The molecule has 0 bridgehead atoms. The Balaban J connectivity index is 1.46. The molecule has 0 unspecified atom stereocenters. The fourth-order valence-electron chi connectivity index (χ4n) is 3.64. The summed E-state index contributed by atoms with van der Waals surface area (Å²) >= 11 is 0.927. The Kier molecular flexibility index (Phi) is 5.68. The summed E-state index contributed by atoms with van der Waals surface area (Å²) in [5.41, 5.74) is 5.77. The van der Waals surface area contributed by atoms with Crippen LogP contribution in [0.2, 0.25) is 0 Å². The molecule has 1 fully saturated rings. The van der Waals surface area contributed by atoms with Gasteiger partial charge in [-0.1, -0.05) is 0 Å². The van der Waals surface area contributed by atoms with Crippen LogP contribution in [0.5, 0.6) is 5.75 Å². The summed E-state index contributed by atoms with van der Waals surface area (Å²) in [6.45, 7) is 1.18. The Hall–Kier alpha value is -3.34. The predicted octanol–water partition coefficient (Wildman–Crippen LogP) is 4.16. The van der Waals surface area contributed by atoms with Gasteiger partial charge in [0.2, 0.25) is 5.01 Å². The van der Waals surface area contributed by atoms with Crippen LogP contribution in [0.25, 0.3) is 10.2 Å². The first kappa shape index (κ1) is 21.9. The van der Waals surface area contributed by atoms with E-state index < -0.39 is 23.6 Å². The summed E-state index contributed by atoms with van der Waals surface area (Å²) in [6.07, 6.45) is -3.30. The first-order valence-electron chi connectivity index (χ1n) is 9.68. The Morgan fingerprint density at radius 1 is 1.16 bits per heavy atom. The smallest absolute Gasteiger partial charge is 0.416 e. The monoisotopic (exact) mass is 465 g/mol. The van der Waals surface area contributed by atoms with Gasteiger partial charge in [0, 0.05) is 31.6 Å². The molecule has 11 heteroatoms. The molecule has 1 aromatic heterocycles. The van der Waals surface area contributed by atoms with E-state index in [-0.39, 0.29) is 22.2 Å². The van der Waals surface area contributed by atoms with Crippen LogP contribution >= 0.6 is 11.3 Å². The second-order valence-corrected chi connectivity index (χ2v) is 8.39. The summed E-state index contributed by atoms with van der Waals surface area (Å²) in [5, 5.41) is 9.01. The van der Waals surface area contributed by atoms with E-state index in [1.54, 1.807) is 6.07 Å². The standard InChI is InChI=1S/C21H18F3N3O4S/c22-21(23,24)11-1-3-12(4-2-11)27-7-5-13(6-8-27)31-14-9-15(18(25)28)17-16(10-14)32-19(26-17)20(29)30/h1-4,9-10,13H,5-8H2,(H2,25,28)(H,29,30). The minimum Gasteiger partial charge on any atom is -0.490 e. The number of rotatable bonds is 5. The average molecular weight is 465 g/mol. The third-order valence-corrected chi connectivity index (χ3v) is 6.21. The number of benzene rings is 2. The summed E-state index contributed by atoms with van der Waals surface area (Å²) in [6, 6.07) is 8.14. The van der Waals surface area contributed by atoms with Crippen LogP contribution < -0.4 is 15.4 Å². The Labute approximate surface area is 184 Å². The maximum absolute atomic E-state index is 12.7. The summed E-state index contributed by atoms with van der Waals surface area (Å²) in [5.74, 6) is -1.54. The van der Waals surface area contributed by atoms with Gasteiger partial charge in [-0.3, -0.25) is 4.79 Å². The molecule has 1 amide bonds. The van der Waals surface area contributed by atoms with Gasteiger partial charge in [-0.25, -0.2) is 9.78 Å². The number of nitrogens with two attached hydrogens (primary N) is 1. The lowest BCUT2D eigenvalue weighted by Gasteiger charge is -2.34. The number of aromatic nitrogens is 1. The highest BCUT2D eigenvalue weighted by Crippen LogP contribution is 2.33. The number of fused-ring (bicyclic) bond motifs is 1. The van der Waals surface area contributed by atoms with Crippen LogP contribution in [-0.4, -0.2) is 41.2 Å². The maximum Gasteiger partial charge on any atom is 0.416 e. The summed E-state index contributed by atoms with van der Waals surface area (Å²) in [4.78, 5) is 29.0. The lowest BCUT2D eigenvalue weighted by molar-refractivity contribution is -0.137. The van der Waals surface area contributed by atoms with Gasteiger partial charge >= 0.3 is 12.1 Å². The van der Waals surface area contributed by atoms with Crippen molar-refractivity contribution < 1.29 is 32.6 Å². The van der Waals surface area contributed by atoms with Crippen molar-refractivity contribution in [3.63, 3.8) is 0 Å². The van der Waals surface area contributed by atoms with E-state index in [2.05, 4.69) is 4.98 Å². The molecule has 3 N–H and O–H groups in total. The second kappa shape index (κ2) is 8.30. The number of carbonyl (C=O) groups is 2. The van der Waals surface area contributed by atoms with E-state index >= 15 is 0 Å². The zero-order valence-corrected chi connectivity index (χ0v) is 17.4. The molecular weight excluding hydrogens is 447 g/mol. The predicted molar refractivity (Wildman–Crippen MR) is 112 cm³/mol. The van der Waals surface area contributed by atoms with Gasteiger partial charge in [-0.05, 0) is 36.4 Å². The molecule has 0 aliphatic carbocycles. The lowest BCUT2D eigenvalue weighted by atomic mass is 10.1. The zero-order chi connectivity index (χ0) is 23.0. The molecule has 0 atom stereocenters. The van der Waals surface area contributed by atoms with Gasteiger partial charge in [0.15, 0.2) is 0 Å². The Morgan fingerprint density at radius 2 is 1.81 bits per heavy atom. The molecule has 2 heterocycles. The van der Waals surface area contributed by atoms with Gasteiger partial charge in [0.1, 0.15) is 11.9 Å². The molecule has 3 aromatic rings. The molecule has 4 rings (SSSR count). The molecule has 1 aliphatic rings. The van der Waals surface area contributed by atoms with Crippen molar-refractivity contribution >= 4 is 39.1 Å². The van der Waals surface area contributed by atoms with E-state index in [1.165, 1.54) is 18.2 Å². The van der Waals surface area contributed by atoms with Gasteiger partial charge in [-0.15, -0.1) is 11.3 Å². The molecule has 32 heavy (non-hydrogen) atoms. The minimum atomic E-state index is -4.37. The van der Waals surface area contributed by atoms with Crippen molar-refractivity contribution in [2.24, 2.45) is 5.73 Å².